The molecule has 0 unspecified atom stereocenters. The zero-order chi connectivity index (χ0) is 17.8. The fourth-order valence-corrected chi connectivity index (χ4v) is 3.50. The van der Waals surface area contributed by atoms with Gasteiger partial charge in [0.1, 0.15) is 11.5 Å². The van der Waals surface area contributed by atoms with Crippen molar-refractivity contribution >= 4 is 17.2 Å². The summed E-state index contributed by atoms with van der Waals surface area (Å²) in [6, 6.07) is 16.4. The molecule has 0 saturated carbocycles. The first-order chi connectivity index (χ1) is 12.1. The van der Waals surface area contributed by atoms with Crippen molar-refractivity contribution in [3.8, 4) is 22.6 Å². The molecule has 0 aliphatic carbocycles. The number of thiophene rings is 1. The second-order valence-electron chi connectivity index (χ2n) is 5.65. The predicted octanol–water partition coefficient (Wildman–Crippen LogP) is 4.62. The van der Waals surface area contributed by atoms with Crippen LogP contribution in [0.25, 0.3) is 11.1 Å². The summed E-state index contributed by atoms with van der Waals surface area (Å²) in [6.45, 7) is 1.84. The highest BCUT2D eigenvalue weighted by Gasteiger charge is 2.19. The maximum absolute atomic E-state index is 12.7. The summed E-state index contributed by atoms with van der Waals surface area (Å²) in [7, 11) is 1.57. The molecule has 0 saturated heterocycles. The van der Waals surface area contributed by atoms with Gasteiger partial charge < -0.3 is 15.2 Å². The first-order valence-electron chi connectivity index (χ1n) is 7.91. The third-order valence-electron chi connectivity index (χ3n) is 4.01. The van der Waals surface area contributed by atoms with E-state index in [2.05, 4.69) is 5.32 Å². The summed E-state index contributed by atoms with van der Waals surface area (Å²) in [6.07, 6.45) is 0. The van der Waals surface area contributed by atoms with E-state index in [1.807, 2.05) is 48.7 Å². The third-order valence-corrected chi connectivity index (χ3v) is 4.92. The number of ether oxygens (including phenoxy) is 1. The lowest BCUT2D eigenvalue weighted by Gasteiger charge is -2.16. The van der Waals surface area contributed by atoms with Crippen LogP contribution in [0.3, 0.4) is 0 Å². The number of aromatic hydroxyl groups is 1. The number of hydrogen-bond acceptors (Lipinski definition) is 4. The monoisotopic (exact) mass is 353 g/mol. The summed E-state index contributed by atoms with van der Waals surface area (Å²) in [4.78, 5) is 13.4. The van der Waals surface area contributed by atoms with Crippen molar-refractivity contribution in [3.05, 3.63) is 70.4 Å². The van der Waals surface area contributed by atoms with Crippen molar-refractivity contribution in [2.24, 2.45) is 0 Å². The van der Waals surface area contributed by atoms with E-state index >= 15 is 0 Å². The fourth-order valence-electron chi connectivity index (χ4n) is 2.68. The molecule has 0 bridgehead atoms. The van der Waals surface area contributed by atoms with Crippen molar-refractivity contribution in [2.45, 2.75) is 13.0 Å². The van der Waals surface area contributed by atoms with E-state index in [-0.39, 0.29) is 17.7 Å². The lowest BCUT2D eigenvalue weighted by atomic mass is 10.0. The molecule has 2 aromatic carbocycles. The fraction of sp³-hybridized carbons (Fsp3) is 0.150. The molecule has 1 amide bonds. The molecule has 0 aliphatic rings. The molecule has 0 radical (unpaired) electrons. The molecule has 1 heterocycles. The lowest BCUT2D eigenvalue weighted by Crippen LogP contribution is -2.26. The third kappa shape index (κ3) is 3.67. The van der Waals surface area contributed by atoms with Gasteiger partial charge in [-0.2, -0.15) is 0 Å². The van der Waals surface area contributed by atoms with Crippen LogP contribution in [-0.2, 0) is 0 Å². The quantitative estimate of drug-likeness (QED) is 0.704. The van der Waals surface area contributed by atoms with E-state index < -0.39 is 0 Å². The zero-order valence-electron chi connectivity index (χ0n) is 14.0. The first kappa shape index (κ1) is 17.0. The van der Waals surface area contributed by atoms with Crippen molar-refractivity contribution in [2.75, 3.05) is 7.11 Å². The average Bonchev–Trinajstić information content (AvgIpc) is 3.12. The average molecular weight is 353 g/mol. The van der Waals surface area contributed by atoms with Gasteiger partial charge in [-0.15, -0.1) is 11.3 Å². The molecule has 25 heavy (non-hydrogen) atoms. The summed E-state index contributed by atoms with van der Waals surface area (Å²) >= 11 is 1.40. The van der Waals surface area contributed by atoms with Gasteiger partial charge in [0.25, 0.3) is 5.91 Å². The minimum absolute atomic E-state index is 0.128. The van der Waals surface area contributed by atoms with Crippen molar-refractivity contribution < 1.29 is 14.6 Å². The molecule has 0 aliphatic heterocycles. The van der Waals surface area contributed by atoms with Crippen LogP contribution in [0.2, 0.25) is 0 Å². The van der Waals surface area contributed by atoms with Gasteiger partial charge in [0.05, 0.1) is 18.0 Å². The molecule has 0 fully saturated rings. The van der Waals surface area contributed by atoms with E-state index in [0.717, 1.165) is 11.1 Å². The molecule has 128 valence electrons. The Morgan fingerprint density at radius 3 is 2.64 bits per heavy atom. The molecule has 4 nitrogen and oxygen atoms in total. The van der Waals surface area contributed by atoms with Gasteiger partial charge in [-0.1, -0.05) is 30.3 Å². The Labute approximate surface area is 150 Å². The maximum Gasteiger partial charge on any atom is 0.262 e. The van der Waals surface area contributed by atoms with E-state index in [9.17, 15) is 9.90 Å². The standard InChI is InChI=1S/C20H19NO3S/c1-13(17-12-15(24-2)8-9-18(17)22)21-20(23)19-16(10-11-25-19)14-6-4-3-5-7-14/h3-13,22H,1-2H3,(H,21,23)/t13-/m1/s1. The zero-order valence-corrected chi connectivity index (χ0v) is 14.8. The minimum Gasteiger partial charge on any atom is -0.508 e. The molecular formula is C20H19NO3S. The van der Waals surface area contributed by atoms with Crippen LogP contribution < -0.4 is 10.1 Å². The molecule has 5 heteroatoms. The van der Waals surface area contributed by atoms with Crippen molar-refractivity contribution in [3.63, 3.8) is 0 Å². The Morgan fingerprint density at radius 2 is 1.92 bits per heavy atom. The van der Waals surface area contributed by atoms with Gasteiger partial charge in [-0.05, 0) is 42.1 Å². The highest BCUT2D eigenvalue weighted by Crippen LogP contribution is 2.31. The van der Waals surface area contributed by atoms with Crippen molar-refractivity contribution in [1.82, 2.24) is 5.32 Å². The van der Waals surface area contributed by atoms with Crippen LogP contribution in [0.15, 0.2) is 60.0 Å². The Balaban J connectivity index is 1.83. The largest absolute Gasteiger partial charge is 0.508 e. The van der Waals surface area contributed by atoms with Crippen LogP contribution >= 0.6 is 11.3 Å². The second kappa shape index (κ2) is 7.40. The number of carbonyl (C=O) groups excluding carboxylic acids is 1. The predicted molar refractivity (Wildman–Crippen MR) is 100 cm³/mol. The number of phenolic OH excluding ortho intramolecular Hbond substituents is 1. The lowest BCUT2D eigenvalue weighted by molar-refractivity contribution is 0.0944. The van der Waals surface area contributed by atoms with Crippen LogP contribution in [0, 0.1) is 0 Å². The van der Waals surface area contributed by atoms with Crippen LogP contribution in [0.5, 0.6) is 11.5 Å². The number of hydrogen-bond donors (Lipinski definition) is 2. The number of nitrogens with one attached hydrogen (secondary N) is 1. The topological polar surface area (TPSA) is 58.6 Å². The Kier molecular flexibility index (Phi) is 5.05. The van der Waals surface area contributed by atoms with Crippen molar-refractivity contribution in [1.29, 1.82) is 0 Å². The van der Waals surface area contributed by atoms with Gasteiger partial charge in [-0.3, -0.25) is 4.79 Å². The maximum atomic E-state index is 12.7. The molecular weight excluding hydrogens is 334 g/mol. The molecule has 3 aromatic rings. The Morgan fingerprint density at radius 1 is 1.16 bits per heavy atom. The van der Waals surface area contributed by atoms with Gasteiger partial charge in [0.2, 0.25) is 0 Å². The summed E-state index contributed by atoms with van der Waals surface area (Å²) in [5.41, 5.74) is 2.53. The van der Waals surface area contributed by atoms with E-state index in [1.54, 1.807) is 25.3 Å². The number of amides is 1. The Bertz CT molecular complexity index is 874. The van der Waals surface area contributed by atoms with Crippen LogP contribution in [0.4, 0.5) is 0 Å². The van der Waals surface area contributed by atoms with Gasteiger partial charge in [0.15, 0.2) is 0 Å². The highest BCUT2D eigenvalue weighted by molar-refractivity contribution is 7.12. The summed E-state index contributed by atoms with van der Waals surface area (Å²) < 4.78 is 5.19. The normalized spacial score (nSPS) is 11.8. The number of methoxy groups -OCH3 is 1. The Hall–Kier alpha value is -2.79. The SMILES string of the molecule is COc1ccc(O)c([C@@H](C)NC(=O)c2sccc2-c2ccccc2)c1. The minimum atomic E-state index is -0.353. The number of phenols is 1. The molecule has 1 atom stereocenters. The van der Waals surface area contributed by atoms with Gasteiger partial charge in [0, 0.05) is 11.1 Å². The van der Waals surface area contributed by atoms with E-state index in [1.165, 1.54) is 11.3 Å². The van der Waals surface area contributed by atoms with Crippen LogP contribution in [0.1, 0.15) is 28.2 Å². The number of rotatable bonds is 5. The summed E-state index contributed by atoms with van der Waals surface area (Å²) in [5.74, 6) is 0.599. The first-order valence-corrected chi connectivity index (χ1v) is 8.79. The molecule has 3 rings (SSSR count). The smallest absolute Gasteiger partial charge is 0.262 e. The highest BCUT2D eigenvalue weighted by atomic mass is 32.1. The molecule has 0 spiro atoms. The summed E-state index contributed by atoms with van der Waals surface area (Å²) in [5, 5.41) is 14.9. The molecule has 1 aromatic heterocycles. The number of carbonyl (C=O) groups is 1. The second-order valence-corrected chi connectivity index (χ2v) is 6.57. The van der Waals surface area contributed by atoms with Gasteiger partial charge >= 0.3 is 0 Å². The van der Waals surface area contributed by atoms with Crippen LogP contribution in [-0.4, -0.2) is 18.1 Å². The van der Waals surface area contributed by atoms with Gasteiger partial charge in [-0.25, -0.2) is 0 Å². The molecule has 2 N–H and O–H groups in total. The number of benzene rings is 2. The van der Waals surface area contributed by atoms with E-state index in [0.29, 0.717) is 16.2 Å². The van der Waals surface area contributed by atoms with E-state index in [4.69, 9.17) is 4.74 Å².